The van der Waals surface area contributed by atoms with E-state index in [1.807, 2.05) is 6.19 Å². The fraction of sp³-hybridized carbons (Fsp3) is 0.545. The molecule has 2 aliphatic rings. The van der Waals surface area contributed by atoms with Crippen molar-refractivity contribution in [3.8, 4) is 6.19 Å². The van der Waals surface area contributed by atoms with Gasteiger partial charge in [-0.1, -0.05) is 0 Å². The van der Waals surface area contributed by atoms with Gasteiger partial charge in [-0.15, -0.1) is 0 Å². The van der Waals surface area contributed by atoms with Crippen LogP contribution in [0.4, 0.5) is 17.3 Å². The minimum absolute atomic E-state index is 0.0569. The predicted octanol–water partition coefficient (Wildman–Crippen LogP) is -2.44. The summed E-state index contributed by atoms with van der Waals surface area (Å²) in [6.45, 7) is -0.370. The van der Waals surface area contributed by atoms with Crippen molar-refractivity contribution in [1.82, 2.24) is 9.97 Å². The number of nitrogens with zero attached hydrogens (tertiary/aromatic N) is 5. The summed E-state index contributed by atoms with van der Waals surface area (Å²) in [7, 11) is 0. The van der Waals surface area contributed by atoms with Crippen LogP contribution in [0.1, 0.15) is 0 Å². The van der Waals surface area contributed by atoms with E-state index >= 15 is 0 Å². The third-order valence-electron chi connectivity index (χ3n) is 3.61. The van der Waals surface area contributed by atoms with E-state index in [0.717, 1.165) is 0 Å². The molecule has 2 unspecified atom stereocenters. The van der Waals surface area contributed by atoms with Gasteiger partial charge in [0.15, 0.2) is 24.1 Å². The average Bonchev–Trinajstić information content (AvgIpc) is 2.99. The first-order chi connectivity index (χ1) is 10.1. The zero-order valence-corrected chi connectivity index (χ0v) is 10.9. The Morgan fingerprint density at radius 3 is 2.81 bits per heavy atom. The van der Waals surface area contributed by atoms with Crippen LogP contribution in [0.25, 0.3) is 0 Å². The Bertz CT molecular complexity index is 593. The Kier molecular flexibility index (Phi) is 3.26. The second-order valence-electron chi connectivity index (χ2n) is 4.80. The molecule has 0 aromatic carbocycles. The number of nitriles is 1. The second kappa shape index (κ2) is 4.97. The topological polar surface area (TPSA) is 152 Å². The molecule has 3 rings (SSSR count). The molecule has 0 saturated carbocycles. The summed E-state index contributed by atoms with van der Waals surface area (Å²) in [5.74, 6) is 0.467. The van der Waals surface area contributed by atoms with Gasteiger partial charge in [0.2, 0.25) is 0 Å². The van der Waals surface area contributed by atoms with Gasteiger partial charge in [-0.05, 0) is 0 Å². The van der Waals surface area contributed by atoms with Crippen molar-refractivity contribution in [2.45, 2.75) is 24.5 Å². The summed E-state index contributed by atoms with van der Waals surface area (Å²) in [5, 5.41) is 38.2. The minimum atomic E-state index is -1.25. The highest BCUT2D eigenvalue weighted by Gasteiger charge is 2.48. The Labute approximate surface area is 119 Å². The largest absolute Gasteiger partial charge is 0.394 e. The quantitative estimate of drug-likeness (QED) is 0.433. The number of aliphatic hydroxyl groups excluding tert-OH is 3. The van der Waals surface area contributed by atoms with Crippen molar-refractivity contribution in [2.24, 2.45) is 0 Å². The highest BCUT2D eigenvalue weighted by atomic mass is 16.6. The standard InChI is InChI=1S/C11H14N6O4/c12-2-16-4-17(10-6(16)9(13)14-3-15-10)11-8(20)7(19)5(1-18)21-11/h3,5,7-8,11,18-20H,1,4H2,(H2,13,14,15)/t5-,7?,8?,11-/m1/s1. The minimum Gasteiger partial charge on any atom is -0.394 e. The first-order valence-corrected chi connectivity index (χ1v) is 6.25. The summed E-state index contributed by atoms with van der Waals surface area (Å²) in [6.07, 6.45) is -1.12. The molecule has 10 heteroatoms. The van der Waals surface area contributed by atoms with Gasteiger partial charge in [-0.3, -0.25) is 4.90 Å². The fourth-order valence-corrected chi connectivity index (χ4v) is 2.56. The summed E-state index contributed by atoms with van der Waals surface area (Å²) in [6, 6.07) is 0. The van der Waals surface area contributed by atoms with E-state index in [9.17, 15) is 10.2 Å². The van der Waals surface area contributed by atoms with Gasteiger partial charge in [0.25, 0.3) is 0 Å². The monoisotopic (exact) mass is 294 g/mol. The molecule has 1 fully saturated rings. The molecule has 1 saturated heterocycles. The molecule has 5 N–H and O–H groups in total. The molecule has 0 aliphatic carbocycles. The lowest BCUT2D eigenvalue weighted by atomic mass is 10.1. The average molecular weight is 294 g/mol. The molecule has 0 bridgehead atoms. The molecular formula is C11H14N6O4. The predicted molar refractivity (Wildman–Crippen MR) is 69.6 cm³/mol. The number of hydrogen-bond acceptors (Lipinski definition) is 10. The number of fused-ring (bicyclic) bond motifs is 1. The highest BCUT2D eigenvalue weighted by Crippen LogP contribution is 2.40. The van der Waals surface area contributed by atoms with Crippen molar-refractivity contribution >= 4 is 17.3 Å². The van der Waals surface area contributed by atoms with Gasteiger partial charge in [-0.25, -0.2) is 9.97 Å². The number of anilines is 3. The maximum atomic E-state index is 10.1. The number of hydrogen-bond donors (Lipinski definition) is 4. The van der Waals surface area contributed by atoms with Gasteiger partial charge < -0.3 is 30.7 Å². The number of aliphatic hydroxyl groups is 3. The van der Waals surface area contributed by atoms with Crippen LogP contribution in [0.3, 0.4) is 0 Å². The lowest BCUT2D eigenvalue weighted by Crippen LogP contribution is -2.45. The Morgan fingerprint density at radius 2 is 2.19 bits per heavy atom. The number of nitrogens with two attached hydrogens (primary N) is 1. The third-order valence-corrected chi connectivity index (χ3v) is 3.61. The van der Waals surface area contributed by atoms with Gasteiger partial charge in [0.1, 0.15) is 37.0 Å². The molecule has 0 spiro atoms. The summed E-state index contributed by atoms with van der Waals surface area (Å²) in [5.41, 5.74) is 6.08. The van der Waals surface area contributed by atoms with Gasteiger partial charge in [-0.2, -0.15) is 5.26 Å². The van der Waals surface area contributed by atoms with Gasteiger partial charge in [0, 0.05) is 0 Å². The molecule has 1 aromatic heterocycles. The lowest BCUT2D eigenvalue weighted by Gasteiger charge is -2.26. The lowest BCUT2D eigenvalue weighted by molar-refractivity contribution is -0.0221. The summed E-state index contributed by atoms with van der Waals surface area (Å²) < 4.78 is 5.45. The van der Waals surface area contributed by atoms with Crippen molar-refractivity contribution in [2.75, 3.05) is 28.8 Å². The maximum absolute atomic E-state index is 10.1. The second-order valence-corrected chi connectivity index (χ2v) is 4.80. The van der Waals surface area contributed by atoms with Gasteiger partial charge in [0.05, 0.1) is 6.61 Å². The molecule has 21 heavy (non-hydrogen) atoms. The van der Waals surface area contributed by atoms with E-state index < -0.39 is 31.1 Å². The van der Waals surface area contributed by atoms with Crippen LogP contribution in [0.5, 0.6) is 0 Å². The zero-order chi connectivity index (χ0) is 15.1. The van der Waals surface area contributed by atoms with Crippen molar-refractivity contribution < 1.29 is 20.1 Å². The molecule has 2 aliphatic heterocycles. The summed E-state index contributed by atoms with van der Waals surface area (Å²) >= 11 is 0. The SMILES string of the molecule is N#CN1CN([C@@H]2O[C@H](CO)C(O)C2O)c2ncnc(N)c21. The van der Waals surface area contributed by atoms with E-state index in [4.69, 9.17) is 20.8 Å². The van der Waals surface area contributed by atoms with Crippen molar-refractivity contribution in [1.29, 1.82) is 5.26 Å². The number of aromatic nitrogens is 2. The van der Waals surface area contributed by atoms with E-state index in [1.54, 1.807) is 0 Å². The Balaban J connectivity index is 1.96. The number of rotatable bonds is 2. The first kappa shape index (κ1) is 13.8. The van der Waals surface area contributed by atoms with Crippen molar-refractivity contribution in [3.63, 3.8) is 0 Å². The molecular weight excluding hydrogens is 280 g/mol. The van der Waals surface area contributed by atoms with Crippen LogP contribution in [0, 0.1) is 11.5 Å². The smallest absolute Gasteiger partial charge is 0.186 e. The van der Waals surface area contributed by atoms with Crippen LogP contribution in [-0.4, -0.2) is 63.1 Å². The Hall–Kier alpha value is -2.19. The normalized spacial score (nSPS) is 31.3. The van der Waals surface area contributed by atoms with Crippen LogP contribution in [-0.2, 0) is 4.74 Å². The molecule has 0 amide bonds. The number of ether oxygens (including phenoxy) is 1. The molecule has 10 nitrogen and oxygen atoms in total. The third kappa shape index (κ3) is 1.95. The van der Waals surface area contributed by atoms with E-state index in [2.05, 4.69) is 9.97 Å². The molecule has 112 valence electrons. The molecule has 3 heterocycles. The van der Waals surface area contributed by atoms with Crippen LogP contribution < -0.4 is 15.5 Å². The van der Waals surface area contributed by atoms with E-state index in [0.29, 0.717) is 11.5 Å². The van der Waals surface area contributed by atoms with Crippen LogP contribution >= 0.6 is 0 Å². The molecule has 4 atom stereocenters. The van der Waals surface area contributed by atoms with Gasteiger partial charge >= 0.3 is 0 Å². The highest BCUT2D eigenvalue weighted by molar-refractivity contribution is 5.83. The van der Waals surface area contributed by atoms with Crippen molar-refractivity contribution in [3.05, 3.63) is 6.33 Å². The maximum Gasteiger partial charge on any atom is 0.186 e. The molecule has 1 aromatic rings. The van der Waals surface area contributed by atoms with Crippen LogP contribution in [0.15, 0.2) is 6.33 Å². The fourth-order valence-electron chi connectivity index (χ4n) is 2.56. The first-order valence-electron chi connectivity index (χ1n) is 6.25. The van der Waals surface area contributed by atoms with E-state index in [-0.39, 0.29) is 12.5 Å². The van der Waals surface area contributed by atoms with Crippen LogP contribution in [0.2, 0.25) is 0 Å². The zero-order valence-electron chi connectivity index (χ0n) is 10.9. The molecule has 0 radical (unpaired) electrons. The number of nitrogen functional groups attached to an aromatic ring is 1. The van der Waals surface area contributed by atoms with E-state index in [1.165, 1.54) is 16.1 Å². The summed E-state index contributed by atoms with van der Waals surface area (Å²) in [4.78, 5) is 10.7. The Morgan fingerprint density at radius 1 is 1.43 bits per heavy atom.